The number of ether oxygens (including phenoxy) is 1. The lowest BCUT2D eigenvalue weighted by molar-refractivity contribution is 0.116. The van der Waals surface area contributed by atoms with Crippen molar-refractivity contribution in [1.29, 1.82) is 0 Å². The van der Waals surface area contributed by atoms with Crippen molar-refractivity contribution >= 4 is 15.7 Å². The summed E-state index contributed by atoms with van der Waals surface area (Å²) in [6, 6.07) is 12.2. The Balaban J connectivity index is 1.68. The molecule has 132 valence electrons. The van der Waals surface area contributed by atoms with Crippen molar-refractivity contribution < 1.29 is 17.5 Å². The van der Waals surface area contributed by atoms with Gasteiger partial charge in [-0.1, -0.05) is 30.3 Å². The molecular weight excluding hydrogens is 343 g/mol. The van der Waals surface area contributed by atoms with Crippen LogP contribution in [0, 0.1) is 5.82 Å². The number of halogens is 1. The topological polar surface area (TPSA) is 68.6 Å². The Bertz CT molecular complexity index is 861. The molecule has 7 heteroatoms. The lowest BCUT2D eigenvalue weighted by Gasteiger charge is -2.14. The number of hydrogen-bond donors (Lipinski definition) is 0. The highest BCUT2D eigenvalue weighted by Gasteiger charge is 2.55. The van der Waals surface area contributed by atoms with E-state index in [1.165, 1.54) is 12.1 Å². The standard InChI is InChI=1S/C18H19FN2O3S/c1-14(17-8-7-16(19)11-20-17)21-25(22,23)18(9-10-18)13-24-12-15-5-3-2-4-6-15/h2-8,11H,9-10,12-13H2,1H3. The van der Waals surface area contributed by atoms with Gasteiger partial charge in [0.15, 0.2) is 0 Å². The summed E-state index contributed by atoms with van der Waals surface area (Å²) in [6.07, 6.45) is 2.09. The number of aromatic nitrogens is 1. The van der Waals surface area contributed by atoms with Crippen molar-refractivity contribution in [1.82, 2.24) is 4.98 Å². The van der Waals surface area contributed by atoms with E-state index in [9.17, 15) is 12.8 Å². The molecule has 0 radical (unpaired) electrons. The average molecular weight is 362 g/mol. The third kappa shape index (κ3) is 4.11. The smallest absolute Gasteiger partial charge is 0.261 e. The molecule has 1 aliphatic carbocycles. The summed E-state index contributed by atoms with van der Waals surface area (Å²) in [5, 5.41) is 0. The molecule has 25 heavy (non-hydrogen) atoms. The number of sulfonamides is 1. The first-order valence-electron chi connectivity index (χ1n) is 7.97. The van der Waals surface area contributed by atoms with Crippen LogP contribution >= 0.6 is 0 Å². The predicted octanol–water partition coefficient (Wildman–Crippen LogP) is 3.11. The summed E-state index contributed by atoms with van der Waals surface area (Å²) in [7, 11) is -3.73. The van der Waals surface area contributed by atoms with Crippen LogP contribution in [0.3, 0.4) is 0 Å². The zero-order valence-corrected chi connectivity index (χ0v) is 14.7. The van der Waals surface area contributed by atoms with Gasteiger partial charge >= 0.3 is 0 Å². The summed E-state index contributed by atoms with van der Waals surface area (Å²) < 4.78 is 46.8. The zero-order valence-electron chi connectivity index (χ0n) is 13.9. The summed E-state index contributed by atoms with van der Waals surface area (Å²) in [5.41, 5.74) is 1.58. The van der Waals surface area contributed by atoms with E-state index in [4.69, 9.17) is 4.74 Å². The van der Waals surface area contributed by atoms with Gasteiger partial charge in [0.25, 0.3) is 10.0 Å². The molecule has 0 spiro atoms. The lowest BCUT2D eigenvalue weighted by Crippen LogP contribution is -2.28. The van der Waals surface area contributed by atoms with Crippen LogP contribution in [0.15, 0.2) is 53.1 Å². The van der Waals surface area contributed by atoms with Gasteiger partial charge in [0.2, 0.25) is 0 Å². The van der Waals surface area contributed by atoms with E-state index in [2.05, 4.69) is 9.38 Å². The van der Waals surface area contributed by atoms with Gasteiger partial charge in [-0.3, -0.25) is 4.98 Å². The molecule has 0 aliphatic heterocycles. The van der Waals surface area contributed by atoms with Crippen molar-refractivity contribution in [2.75, 3.05) is 6.61 Å². The van der Waals surface area contributed by atoms with Gasteiger partial charge in [0.1, 0.15) is 10.6 Å². The third-order valence-electron chi connectivity index (χ3n) is 4.19. The molecule has 1 aliphatic rings. The maximum absolute atomic E-state index is 12.9. The van der Waals surface area contributed by atoms with Gasteiger partial charge in [0.05, 0.1) is 30.8 Å². The molecule has 2 aromatic rings. The molecule has 3 rings (SSSR count). The SMILES string of the molecule is CC(=NS(=O)(=O)C1(COCc2ccccc2)CC1)c1ccc(F)cn1. The Labute approximate surface area is 146 Å². The van der Waals surface area contributed by atoms with E-state index in [0.29, 0.717) is 25.1 Å². The van der Waals surface area contributed by atoms with E-state index in [0.717, 1.165) is 11.8 Å². The van der Waals surface area contributed by atoms with Crippen molar-refractivity contribution in [3.8, 4) is 0 Å². The van der Waals surface area contributed by atoms with Crippen LogP contribution in [0.5, 0.6) is 0 Å². The Hall–Kier alpha value is -2.12. The van der Waals surface area contributed by atoms with Gasteiger partial charge < -0.3 is 4.74 Å². The van der Waals surface area contributed by atoms with Crippen LogP contribution in [-0.4, -0.2) is 30.5 Å². The number of rotatable bonds is 7. The molecule has 1 aromatic carbocycles. The number of pyridine rings is 1. The number of benzene rings is 1. The van der Waals surface area contributed by atoms with Crippen LogP contribution in [0.2, 0.25) is 0 Å². The minimum atomic E-state index is -3.73. The number of hydrogen-bond acceptors (Lipinski definition) is 4. The maximum atomic E-state index is 12.9. The van der Waals surface area contributed by atoms with Crippen molar-refractivity contribution in [3.63, 3.8) is 0 Å². The molecule has 1 saturated carbocycles. The van der Waals surface area contributed by atoms with E-state index in [1.807, 2.05) is 30.3 Å². The van der Waals surface area contributed by atoms with E-state index < -0.39 is 20.6 Å². The molecule has 1 fully saturated rings. The van der Waals surface area contributed by atoms with Crippen LogP contribution in [0.25, 0.3) is 0 Å². The zero-order chi connectivity index (χ0) is 17.9. The summed E-state index contributed by atoms with van der Waals surface area (Å²) in [4.78, 5) is 3.87. The maximum Gasteiger partial charge on any atom is 0.261 e. The van der Waals surface area contributed by atoms with Crippen molar-refractivity contribution in [2.24, 2.45) is 4.40 Å². The summed E-state index contributed by atoms with van der Waals surface area (Å²) in [6.45, 7) is 2.02. The third-order valence-corrected chi connectivity index (χ3v) is 6.32. The molecule has 5 nitrogen and oxygen atoms in total. The number of nitrogens with zero attached hydrogens (tertiary/aromatic N) is 2. The van der Waals surface area contributed by atoms with Gasteiger partial charge in [-0.05, 0) is 37.5 Å². The molecule has 0 atom stereocenters. The van der Waals surface area contributed by atoms with Gasteiger partial charge in [0, 0.05) is 0 Å². The largest absolute Gasteiger partial charge is 0.375 e. The predicted molar refractivity (Wildman–Crippen MR) is 93.4 cm³/mol. The second-order valence-corrected chi connectivity index (χ2v) is 8.17. The van der Waals surface area contributed by atoms with Crippen molar-refractivity contribution in [2.45, 2.75) is 31.1 Å². The average Bonchev–Trinajstić information content (AvgIpc) is 3.38. The highest BCUT2D eigenvalue weighted by atomic mass is 32.2. The molecule has 1 aromatic heterocycles. The highest BCUT2D eigenvalue weighted by molar-refractivity contribution is 7.92. The monoisotopic (exact) mass is 362 g/mol. The molecule has 0 amide bonds. The molecule has 0 N–H and O–H groups in total. The Morgan fingerprint density at radius 3 is 2.56 bits per heavy atom. The van der Waals surface area contributed by atoms with Crippen LogP contribution in [0.4, 0.5) is 4.39 Å². The van der Waals surface area contributed by atoms with Crippen LogP contribution in [-0.2, 0) is 21.4 Å². The first-order chi connectivity index (χ1) is 11.9. The Morgan fingerprint density at radius 1 is 1.24 bits per heavy atom. The van der Waals surface area contributed by atoms with Crippen LogP contribution in [0.1, 0.15) is 31.0 Å². The molecule has 1 heterocycles. The fourth-order valence-corrected chi connectivity index (χ4v) is 3.96. The first kappa shape index (κ1) is 17.7. The lowest BCUT2D eigenvalue weighted by atomic mass is 10.2. The molecular formula is C18H19FN2O3S. The summed E-state index contributed by atoms with van der Waals surface area (Å²) in [5.74, 6) is -0.479. The highest BCUT2D eigenvalue weighted by Crippen LogP contribution is 2.45. The quantitative estimate of drug-likeness (QED) is 0.710. The van der Waals surface area contributed by atoms with E-state index in [-0.39, 0.29) is 12.3 Å². The minimum absolute atomic E-state index is 0.109. The fraction of sp³-hybridized carbons (Fsp3) is 0.333. The fourth-order valence-electron chi connectivity index (χ4n) is 2.46. The molecule has 0 unspecified atom stereocenters. The first-order valence-corrected chi connectivity index (χ1v) is 9.41. The van der Waals surface area contributed by atoms with Gasteiger partial charge in [-0.25, -0.2) is 12.8 Å². The summed E-state index contributed by atoms with van der Waals surface area (Å²) >= 11 is 0. The van der Waals surface area contributed by atoms with Crippen molar-refractivity contribution in [3.05, 3.63) is 65.7 Å². The van der Waals surface area contributed by atoms with E-state index >= 15 is 0 Å². The minimum Gasteiger partial charge on any atom is -0.375 e. The van der Waals surface area contributed by atoms with E-state index in [1.54, 1.807) is 6.92 Å². The second-order valence-electron chi connectivity index (χ2n) is 6.17. The molecule has 0 bridgehead atoms. The van der Waals surface area contributed by atoms with Crippen LogP contribution < -0.4 is 0 Å². The van der Waals surface area contributed by atoms with Gasteiger partial charge in [-0.2, -0.15) is 4.40 Å². The molecule has 0 saturated heterocycles. The Morgan fingerprint density at radius 2 is 1.96 bits per heavy atom. The second kappa shape index (κ2) is 7.01. The Kier molecular flexibility index (Phi) is 4.96. The van der Waals surface area contributed by atoms with Gasteiger partial charge in [-0.15, -0.1) is 0 Å². The normalized spacial score (nSPS) is 16.6.